The van der Waals surface area contributed by atoms with Crippen molar-refractivity contribution in [2.45, 2.75) is 68.8 Å². The molecule has 1 aromatic rings. The standard InChI is InChI=1S/C25H35BrF2N2O5SSi/c1-23(2,3)35-22(32)30(15-34-10-11-37(5,6)7)21-29-24(14-27,17-12-16(26)8-9-18(17)28)19-13-25(19,36-21)20(31)33-4/h8-9,12,19H,10-11,13-15H2,1-7H3/t19-,24+,25-/m0/s1. The average molecular weight is 622 g/mol. The SMILES string of the molecule is COC(=O)[C@]12C[C@H]1[C@@](CF)(c1cc(Br)ccc1F)N=C(N(COCC[Si](C)(C)C)C(=O)OC(C)(C)C)S2. The van der Waals surface area contributed by atoms with Crippen molar-refractivity contribution in [3.8, 4) is 0 Å². The molecule has 1 aliphatic carbocycles. The molecule has 206 valence electrons. The quantitative estimate of drug-likeness (QED) is 0.146. The van der Waals surface area contributed by atoms with Gasteiger partial charge in [0.2, 0.25) is 0 Å². The van der Waals surface area contributed by atoms with E-state index in [2.05, 4.69) is 40.6 Å². The van der Waals surface area contributed by atoms with E-state index in [9.17, 15) is 9.59 Å². The fourth-order valence-corrected chi connectivity index (χ4v) is 6.85. The van der Waals surface area contributed by atoms with Gasteiger partial charge < -0.3 is 14.2 Å². The summed E-state index contributed by atoms with van der Waals surface area (Å²) in [4.78, 5) is 32.1. The number of carbonyl (C=O) groups is 2. The zero-order valence-corrected chi connectivity index (χ0v) is 25.7. The van der Waals surface area contributed by atoms with Gasteiger partial charge in [0.25, 0.3) is 0 Å². The highest BCUT2D eigenvalue weighted by atomic mass is 79.9. The number of amides is 1. The van der Waals surface area contributed by atoms with Gasteiger partial charge in [0.15, 0.2) is 5.17 Å². The second-order valence-corrected chi connectivity index (χ2v) is 19.4. The van der Waals surface area contributed by atoms with Gasteiger partial charge in [0.05, 0.1) is 7.11 Å². The molecule has 1 amide bonds. The van der Waals surface area contributed by atoms with E-state index in [-0.39, 0.29) is 23.9 Å². The van der Waals surface area contributed by atoms with E-state index in [1.807, 2.05) is 0 Å². The summed E-state index contributed by atoms with van der Waals surface area (Å²) in [5.41, 5.74) is -2.56. The van der Waals surface area contributed by atoms with Gasteiger partial charge in [-0.05, 0) is 51.4 Å². The van der Waals surface area contributed by atoms with Gasteiger partial charge in [-0.2, -0.15) is 0 Å². The van der Waals surface area contributed by atoms with Crippen molar-refractivity contribution in [1.82, 2.24) is 4.90 Å². The number of benzene rings is 1. The Morgan fingerprint density at radius 2 is 1.97 bits per heavy atom. The minimum Gasteiger partial charge on any atom is -0.468 e. The van der Waals surface area contributed by atoms with E-state index in [0.29, 0.717) is 11.1 Å². The number of amidine groups is 1. The van der Waals surface area contributed by atoms with Crippen molar-refractivity contribution >= 4 is 53.0 Å². The molecule has 1 heterocycles. The van der Waals surface area contributed by atoms with Crippen LogP contribution in [0.4, 0.5) is 13.6 Å². The van der Waals surface area contributed by atoms with Crippen LogP contribution in [0.5, 0.6) is 0 Å². The highest BCUT2D eigenvalue weighted by Gasteiger charge is 2.73. The Hall–Kier alpha value is -1.50. The number of fused-ring (bicyclic) bond motifs is 1. The largest absolute Gasteiger partial charge is 0.468 e. The van der Waals surface area contributed by atoms with Crippen LogP contribution in [0.15, 0.2) is 27.7 Å². The topological polar surface area (TPSA) is 77.4 Å². The zero-order chi connectivity index (χ0) is 27.8. The first-order valence-corrected chi connectivity index (χ1v) is 17.4. The van der Waals surface area contributed by atoms with Crippen LogP contribution in [0.1, 0.15) is 32.8 Å². The minimum absolute atomic E-state index is 0.00161. The molecule has 1 fully saturated rings. The number of thioether (sulfide) groups is 1. The maximum atomic E-state index is 15.1. The number of hydrogen-bond acceptors (Lipinski definition) is 7. The third-order valence-electron chi connectivity index (χ3n) is 6.25. The number of methoxy groups -OCH3 is 1. The van der Waals surface area contributed by atoms with E-state index in [4.69, 9.17) is 14.2 Å². The smallest absolute Gasteiger partial charge is 0.418 e. The number of carbonyl (C=O) groups excluding carboxylic acids is 2. The van der Waals surface area contributed by atoms with Gasteiger partial charge in [-0.25, -0.2) is 23.5 Å². The highest BCUT2D eigenvalue weighted by Crippen LogP contribution is 2.67. The fraction of sp³-hybridized carbons (Fsp3) is 0.640. The second kappa shape index (κ2) is 10.9. The Morgan fingerprint density at radius 3 is 2.54 bits per heavy atom. The van der Waals surface area contributed by atoms with Gasteiger partial charge in [0, 0.05) is 30.6 Å². The molecule has 0 radical (unpaired) electrons. The first kappa shape index (κ1) is 30.0. The molecule has 1 saturated carbocycles. The molecule has 37 heavy (non-hydrogen) atoms. The second-order valence-electron chi connectivity index (χ2n) is 11.6. The van der Waals surface area contributed by atoms with Crippen molar-refractivity contribution in [1.29, 1.82) is 0 Å². The van der Waals surface area contributed by atoms with Gasteiger partial charge in [-0.3, -0.25) is 4.79 Å². The first-order valence-electron chi connectivity index (χ1n) is 12.1. The number of hydrogen-bond donors (Lipinski definition) is 0. The molecule has 0 bridgehead atoms. The molecule has 12 heteroatoms. The minimum atomic E-state index is -1.73. The van der Waals surface area contributed by atoms with E-state index in [0.717, 1.165) is 17.8 Å². The average Bonchev–Trinajstić information content (AvgIpc) is 3.54. The van der Waals surface area contributed by atoms with Crippen LogP contribution in [0.3, 0.4) is 0 Å². The van der Waals surface area contributed by atoms with Crippen LogP contribution in [0.2, 0.25) is 25.7 Å². The molecule has 3 atom stereocenters. The third-order valence-corrected chi connectivity index (χ3v) is 9.92. The van der Waals surface area contributed by atoms with Crippen LogP contribution in [-0.2, 0) is 24.5 Å². The normalized spacial score (nSPS) is 25.1. The molecule has 0 unspecified atom stereocenters. The van der Waals surface area contributed by atoms with Crippen LogP contribution in [0.25, 0.3) is 0 Å². The predicted molar refractivity (Wildman–Crippen MR) is 147 cm³/mol. The molecule has 1 aliphatic heterocycles. The van der Waals surface area contributed by atoms with Crippen LogP contribution in [0, 0.1) is 11.7 Å². The summed E-state index contributed by atoms with van der Waals surface area (Å²) < 4.78 is 46.1. The Bertz CT molecular complexity index is 1080. The summed E-state index contributed by atoms with van der Waals surface area (Å²) in [6, 6.07) is 5.06. The molecule has 0 N–H and O–H groups in total. The first-order chi connectivity index (χ1) is 17.1. The van der Waals surface area contributed by atoms with Gasteiger partial charge >= 0.3 is 12.1 Å². The van der Waals surface area contributed by atoms with Crippen molar-refractivity contribution < 1.29 is 32.6 Å². The summed E-state index contributed by atoms with van der Waals surface area (Å²) in [6.07, 6.45) is -0.542. The Morgan fingerprint density at radius 1 is 1.30 bits per heavy atom. The lowest BCUT2D eigenvalue weighted by Gasteiger charge is -2.38. The van der Waals surface area contributed by atoms with Crippen molar-refractivity contribution in [2.24, 2.45) is 10.9 Å². The summed E-state index contributed by atoms with van der Waals surface area (Å²) in [6.45, 7) is 10.9. The zero-order valence-electron chi connectivity index (χ0n) is 22.3. The van der Waals surface area contributed by atoms with Gasteiger partial charge in [-0.1, -0.05) is 47.3 Å². The molecule has 0 spiro atoms. The maximum absolute atomic E-state index is 15.1. The van der Waals surface area contributed by atoms with Crippen molar-refractivity contribution in [2.75, 3.05) is 27.1 Å². The number of nitrogens with zero attached hydrogens (tertiary/aromatic N) is 2. The Balaban J connectivity index is 2.10. The van der Waals surface area contributed by atoms with Crippen molar-refractivity contribution in [3.63, 3.8) is 0 Å². The third kappa shape index (κ3) is 6.56. The van der Waals surface area contributed by atoms with Crippen LogP contribution >= 0.6 is 27.7 Å². The number of esters is 1. The molecule has 0 aromatic heterocycles. The van der Waals surface area contributed by atoms with E-state index >= 15 is 8.78 Å². The molecule has 0 saturated heterocycles. The lowest BCUT2D eigenvalue weighted by atomic mass is 9.85. The number of alkyl halides is 1. The molecular weight excluding hydrogens is 586 g/mol. The predicted octanol–water partition coefficient (Wildman–Crippen LogP) is 6.34. The van der Waals surface area contributed by atoms with E-state index in [1.54, 1.807) is 20.8 Å². The summed E-state index contributed by atoms with van der Waals surface area (Å²) in [7, 11) is -0.157. The number of aliphatic imine (C=N–C) groups is 1. The van der Waals surface area contributed by atoms with E-state index < -0.39 is 54.4 Å². The van der Waals surface area contributed by atoms with E-state index in [1.165, 1.54) is 30.2 Å². The van der Waals surface area contributed by atoms with Crippen LogP contribution < -0.4 is 0 Å². The maximum Gasteiger partial charge on any atom is 0.418 e. The number of rotatable bonds is 8. The van der Waals surface area contributed by atoms with Crippen molar-refractivity contribution in [3.05, 3.63) is 34.1 Å². The van der Waals surface area contributed by atoms with Gasteiger partial charge in [0.1, 0.15) is 35.1 Å². The summed E-state index contributed by atoms with van der Waals surface area (Å²) >= 11 is 4.35. The molecular formula is C25H35BrF2N2O5SSi. The summed E-state index contributed by atoms with van der Waals surface area (Å²) in [5, 5.41) is 0.0263. The molecule has 7 nitrogen and oxygen atoms in total. The molecule has 3 rings (SSSR count). The molecule has 1 aromatic carbocycles. The monoisotopic (exact) mass is 620 g/mol. The lowest BCUT2D eigenvalue weighted by molar-refractivity contribution is -0.141. The van der Waals surface area contributed by atoms with Crippen LogP contribution in [-0.4, -0.2) is 67.7 Å². The highest BCUT2D eigenvalue weighted by molar-refractivity contribution is 9.10. The number of ether oxygens (including phenoxy) is 3. The van der Waals surface area contributed by atoms with Gasteiger partial charge in [-0.15, -0.1) is 0 Å². The summed E-state index contributed by atoms with van der Waals surface area (Å²) in [5.74, 6) is -1.90. The Labute approximate surface area is 230 Å². The lowest BCUT2D eigenvalue weighted by Crippen LogP contribution is -2.48. The Kier molecular flexibility index (Phi) is 8.88. The fourth-order valence-electron chi connectivity index (χ4n) is 4.21. The number of halogens is 3. The molecule has 2 aliphatic rings.